The number of hydrogen-bond acceptors (Lipinski definition) is 1. The smallest absolute Gasteiger partial charge is 0.211 e. The van der Waals surface area contributed by atoms with Gasteiger partial charge in [-0.15, -0.1) is 0 Å². The monoisotopic (exact) mass is 403 g/mol. The van der Waals surface area contributed by atoms with Crippen LogP contribution >= 0.6 is 0 Å². The molecule has 0 aliphatic heterocycles. The van der Waals surface area contributed by atoms with Gasteiger partial charge in [0.05, 0.1) is 11.4 Å². The fourth-order valence-corrected chi connectivity index (χ4v) is 4.33. The Bertz CT molecular complexity index is 941. The normalized spacial score (nSPS) is 12.0. The lowest BCUT2D eigenvalue weighted by atomic mass is 9.92. The summed E-state index contributed by atoms with van der Waals surface area (Å²) >= 11 is 0. The van der Waals surface area contributed by atoms with E-state index in [-0.39, 0.29) is 0 Å². The lowest BCUT2D eigenvalue weighted by Crippen LogP contribution is -2.26. The van der Waals surface area contributed by atoms with Crippen LogP contribution in [0.5, 0.6) is 0 Å². The second-order valence-electron chi connectivity index (χ2n) is 9.55. The van der Waals surface area contributed by atoms with Crippen molar-refractivity contribution in [3.63, 3.8) is 0 Å². The summed E-state index contributed by atoms with van der Waals surface area (Å²) in [5.74, 6) is 1.57. The molecule has 1 heterocycles. The summed E-state index contributed by atoms with van der Waals surface area (Å²) in [6, 6.07) is 13.1. The van der Waals surface area contributed by atoms with Crippen molar-refractivity contribution in [1.82, 2.24) is 9.13 Å². The molecule has 0 spiro atoms. The predicted octanol–water partition coefficient (Wildman–Crippen LogP) is 7.24. The van der Waals surface area contributed by atoms with Gasteiger partial charge in [0.1, 0.15) is 0 Å². The topological polar surface area (TPSA) is 33.7 Å². The molecule has 1 N–H and O–H groups in total. The van der Waals surface area contributed by atoms with Crippen LogP contribution in [0, 0.1) is 5.41 Å². The molecule has 3 nitrogen and oxygen atoms in total. The van der Waals surface area contributed by atoms with Gasteiger partial charge in [-0.25, -0.2) is 0 Å². The Morgan fingerprint density at radius 3 is 1.03 bits per heavy atom. The fraction of sp³-hybridized carbons (Fsp3) is 0.444. The summed E-state index contributed by atoms with van der Waals surface area (Å²) in [4.78, 5) is 0. The minimum Gasteiger partial charge on any atom is -0.286 e. The minimum absolute atomic E-state index is 0.392. The number of hydrogen-bond donors (Lipinski definition) is 1. The third-order valence-corrected chi connectivity index (χ3v) is 5.99. The number of para-hydroxylation sites is 2. The lowest BCUT2D eigenvalue weighted by molar-refractivity contribution is 0.751. The Morgan fingerprint density at radius 1 is 0.533 bits per heavy atom. The summed E-state index contributed by atoms with van der Waals surface area (Å²) in [5.41, 5.74) is 7.99. The van der Waals surface area contributed by atoms with E-state index in [2.05, 4.69) is 113 Å². The van der Waals surface area contributed by atoms with E-state index in [9.17, 15) is 5.41 Å². The molecule has 0 saturated heterocycles. The number of nitrogens with one attached hydrogen (secondary N) is 1. The first-order valence-electron chi connectivity index (χ1n) is 11.3. The third kappa shape index (κ3) is 3.90. The maximum atomic E-state index is 9.18. The molecule has 0 amide bonds. The first kappa shape index (κ1) is 22.1. The van der Waals surface area contributed by atoms with Gasteiger partial charge < -0.3 is 0 Å². The quantitative estimate of drug-likeness (QED) is 0.450. The molecule has 2 aromatic carbocycles. The molecule has 0 fully saturated rings. The maximum absolute atomic E-state index is 9.18. The molecule has 30 heavy (non-hydrogen) atoms. The van der Waals surface area contributed by atoms with Gasteiger partial charge in [-0.3, -0.25) is 14.5 Å². The van der Waals surface area contributed by atoms with E-state index in [0.717, 1.165) is 0 Å². The molecule has 0 aliphatic carbocycles. The van der Waals surface area contributed by atoms with Crippen molar-refractivity contribution in [3.8, 4) is 11.4 Å². The van der Waals surface area contributed by atoms with E-state index < -0.39 is 0 Å². The highest BCUT2D eigenvalue weighted by molar-refractivity contribution is 5.54. The Kier molecular flexibility index (Phi) is 6.40. The van der Waals surface area contributed by atoms with Crippen LogP contribution in [-0.4, -0.2) is 9.13 Å². The Morgan fingerprint density at radius 2 is 0.800 bits per heavy atom. The Hall–Kier alpha value is -2.55. The maximum Gasteiger partial charge on any atom is 0.211 e. The largest absolute Gasteiger partial charge is 0.286 e. The summed E-state index contributed by atoms with van der Waals surface area (Å²) in [6.07, 6.45) is 4.13. The molecule has 3 aromatic rings. The van der Waals surface area contributed by atoms with Crippen molar-refractivity contribution in [2.45, 2.75) is 79.1 Å². The van der Waals surface area contributed by atoms with Gasteiger partial charge in [-0.2, -0.15) is 0 Å². The van der Waals surface area contributed by atoms with Gasteiger partial charge in [0, 0.05) is 12.4 Å². The van der Waals surface area contributed by atoms with Crippen LogP contribution in [0.3, 0.4) is 0 Å². The molecule has 160 valence electrons. The van der Waals surface area contributed by atoms with Crippen molar-refractivity contribution in [2.75, 3.05) is 0 Å². The van der Waals surface area contributed by atoms with E-state index in [1.54, 1.807) is 0 Å². The highest BCUT2D eigenvalue weighted by Crippen LogP contribution is 2.32. The minimum atomic E-state index is 0.392. The number of aromatic nitrogens is 2. The number of benzene rings is 2. The van der Waals surface area contributed by atoms with Crippen LogP contribution in [-0.2, 0) is 0 Å². The molecule has 0 saturated carbocycles. The van der Waals surface area contributed by atoms with E-state index >= 15 is 0 Å². The third-order valence-electron chi connectivity index (χ3n) is 5.99. The van der Waals surface area contributed by atoms with Crippen LogP contribution in [0.2, 0.25) is 0 Å². The lowest BCUT2D eigenvalue weighted by Gasteiger charge is -2.22. The fourth-order valence-electron chi connectivity index (χ4n) is 4.33. The van der Waals surface area contributed by atoms with Crippen LogP contribution < -0.4 is 5.62 Å². The van der Waals surface area contributed by atoms with Crippen LogP contribution in [0.15, 0.2) is 48.8 Å². The molecule has 0 bridgehead atoms. The van der Waals surface area contributed by atoms with Crippen molar-refractivity contribution in [1.29, 1.82) is 5.41 Å². The zero-order valence-corrected chi connectivity index (χ0v) is 19.8. The summed E-state index contributed by atoms with van der Waals surface area (Å²) in [6.45, 7) is 17.8. The van der Waals surface area contributed by atoms with Gasteiger partial charge in [0.25, 0.3) is 0 Å². The summed E-state index contributed by atoms with van der Waals surface area (Å²) in [7, 11) is 0. The van der Waals surface area contributed by atoms with Crippen molar-refractivity contribution < 1.29 is 0 Å². The van der Waals surface area contributed by atoms with Crippen LogP contribution in [0.1, 0.15) is 101 Å². The standard InChI is InChI=1S/C27H37N3/c1-17(2)21-11-9-12-22(18(3)4)25(21)29-15-16-30(27(29)28)26-23(19(5)6)13-10-14-24(26)20(7)8/h9-20,28H,1-8H3. The van der Waals surface area contributed by atoms with Gasteiger partial charge in [-0.05, 0) is 45.9 Å². The van der Waals surface area contributed by atoms with Gasteiger partial charge in [0.15, 0.2) is 0 Å². The number of rotatable bonds is 6. The first-order chi connectivity index (χ1) is 14.1. The van der Waals surface area contributed by atoms with Crippen molar-refractivity contribution in [3.05, 3.63) is 76.7 Å². The second-order valence-corrected chi connectivity index (χ2v) is 9.55. The van der Waals surface area contributed by atoms with Crippen LogP contribution in [0.25, 0.3) is 11.4 Å². The zero-order chi connectivity index (χ0) is 22.2. The highest BCUT2D eigenvalue weighted by atomic mass is 15.2. The molecular weight excluding hydrogens is 366 g/mol. The average molecular weight is 404 g/mol. The number of nitrogens with zero attached hydrogens (tertiary/aromatic N) is 2. The van der Waals surface area contributed by atoms with Crippen LogP contribution in [0.4, 0.5) is 0 Å². The highest BCUT2D eigenvalue weighted by Gasteiger charge is 2.20. The number of imidazole rings is 1. The molecule has 3 heteroatoms. The molecular formula is C27H37N3. The SMILES string of the molecule is CC(C)c1cccc(C(C)C)c1-n1ccn(-c2c(C(C)C)cccc2C(C)C)c1=N. The zero-order valence-electron chi connectivity index (χ0n) is 19.8. The second kappa shape index (κ2) is 8.67. The Balaban J connectivity index is 2.33. The summed E-state index contributed by atoms with van der Waals surface area (Å²) < 4.78 is 4.15. The summed E-state index contributed by atoms with van der Waals surface area (Å²) in [5, 5.41) is 9.18. The Labute approximate surface area is 181 Å². The van der Waals surface area contributed by atoms with E-state index in [1.807, 2.05) is 0 Å². The molecule has 0 aliphatic rings. The van der Waals surface area contributed by atoms with E-state index in [4.69, 9.17) is 0 Å². The predicted molar refractivity (Wildman–Crippen MR) is 127 cm³/mol. The van der Waals surface area contributed by atoms with Gasteiger partial charge in [0.2, 0.25) is 5.62 Å². The molecule has 3 rings (SSSR count). The molecule has 0 unspecified atom stereocenters. The van der Waals surface area contributed by atoms with Crippen molar-refractivity contribution >= 4 is 0 Å². The molecule has 1 aromatic heterocycles. The average Bonchev–Trinajstić information content (AvgIpc) is 3.07. The van der Waals surface area contributed by atoms with E-state index in [0.29, 0.717) is 29.3 Å². The molecule has 0 atom stereocenters. The molecule has 0 radical (unpaired) electrons. The first-order valence-corrected chi connectivity index (χ1v) is 11.3. The van der Waals surface area contributed by atoms with Crippen molar-refractivity contribution in [2.24, 2.45) is 0 Å². The van der Waals surface area contributed by atoms with Gasteiger partial charge in [-0.1, -0.05) is 91.8 Å². The van der Waals surface area contributed by atoms with E-state index in [1.165, 1.54) is 33.6 Å². The van der Waals surface area contributed by atoms with Gasteiger partial charge >= 0.3 is 0 Å².